The molecule has 0 saturated carbocycles. The molecule has 0 atom stereocenters. The van der Waals surface area contributed by atoms with Gasteiger partial charge in [-0.3, -0.25) is 13.7 Å². The van der Waals surface area contributed by atoms with Gasteiger partial charge in [-0.25, -0.2) is 0 Å². The van der Waals surface area contributed by atoms with E-state index in [0.29, 0.717) is 16.2 Å². The molecule has 0 aromatic heterocycles. The summed E-state index contributed by atoms with van der Waals surface area (Å²) in [6.07, 6.45) is 0. The van der Waals surface area contributed by atoms with Crippen molar-refractivity contribution in [3.8, 4) is 0 Å². The van der Waals surface area contributed by atoms with Crippen LogP contribution >= 0.6 is 0 Å². The average Bonchev–Trinajstić information content (AvgIpc) is 2.56. The van der Waals surface area contributed by atoms with Crippen molar-refractivity contribution in [3.63, 3.8) is 0 Å². The highest BCUT2D eigenvalue weighted by Crippen LogP contribution is 2.46. The third-order valence-corrected chi connectivity index (χ3v) is 7.63. The van der Waals surface area contributed by atoms with E-state index in [1.807, 2.05) is 0 Å². The lowest BCUT2D eigenvalue weighted by atomic mass is 9.93. The van der Waals surface area contributed by atoms with Gasteiger partial charge in [0.15, 0.2) is 0 Å². The fourth-order valence-electron chi connectivity index (χ4n) is 3.68. The lowest BCUT2D eigenvalue weighted by Crippen LogP contribution is -2.16. The van der Waals surface area contributed by atoms with Crippen LogP contribution in [0.25, 0.3) is 32.3 Å². The van der Waals surface area contributed by atoms with E-state index in [0.717, 1.165) is 6.07 Å². The Hall–Kier alpha value is -2.55. The first-order valence-corrected chi connectivity index (χ1v) is 12.0. The van der Waals surface area contributed by atoms with Gasteiger partial charge in [-0.2, -0.15) is 25.3 Å². The summed E-state index contributed by atoms with van der Waals surface area (Å²) >= 11 is 0. The molecule has 4 aromatic rings. The van der Waals surface area contributed by atoms with Crippen LogP contribution in [0.15, 0.2) is 51.1 Å². The molecule has 0 fully saturated rings. The molecule has 0 spiro atoms. The Labute approximate surface area is 164 Å². The Morgan fingerprint density at radius 1 is 0.621 bits per heavy atom. The zero-order chi connectivity index (χ0) is 21.5. The van der Waals surface area contributed by atoms with E-state index in [1.165, 1.54) is 12.1 Å². The molecule has 0 amide bonds. The van der Waals surface area contributed by atoms with Crippen molar-refractivity contribution < 1.29 is 38.9 Å². The molecule has 10 nitrogen and oxygen atoms in total. The summed E-state index contributed by atoms with van der Waals surface area (Å²) in [5.74, 6) is 0. The number of benzene rings is 4. The van der Waals surface area contributed by atoms with Crippen LogP contribution in [0.3, 0.4) is 0 Å². The molecular formula is C16H11NO9S3. The summed E-state index contributed by atoms with van der Waals surface area (Å²) in [5.41, 5.74) is 5.66. The van der Waals surface area contributed by atoms with E-state index in [9.17, 15) is 38.9 Å². The van der Waals surface area contributed by atoms with Gasteiger partial charge in [0.05, 0.1) is 0 Å². The number of rotatable bonds is 3. The van der Waals surface area contributed by atoms with Gasteiger partial charge in [0.2, 0.25) is 0 Å². The zero-order valence-corrected chi connectivity index (χ0v) is 16.5. The van der Waals surface area contributed by atoms with Crippen molar-refractivity contribution in [2.24, 2.45) is 0 Å². The highest BCUT2D eigenvalue weighted by molar-refractivity contribution is 7.90. The molecule has 5 N–H and O–H groups in total. The van der Waals surface area contributed by atoms with E-state index >= 15 is 0 Å². The standard InChI is InChI=1S/C16H11NO9S3/c17-10-6-8-3-1-2-7-4-5-9-12(11(7)8)13(10)15(28(21,22)23)16(29(24,25)26)14(9)27(18,19)20/h1-6H,17H2,(H,18,19,20)(H,21,22,23)(H,24,25,26). The van der Waals surface area contributed by atoms with Gasteiger partial charge >= 0.3 is 0 Å². The summed E-state index contributed by atoms with van der Waals surface area (Å²) in [5, 5.41) is 0.337. The van der Waals surface area contributed by atoms with Crippen LogP contribution in [0.4, 0.5) is 5.69 Å². The first-order valence-electron chi connectivity index (χ1n) is 7.68. The maximum absolute atomic E-state index is 12.1. The molecule has 0 heterocycles. The Morgan fingerprint density at radius 3 is 1.72 bits per heavy atom. The van der Waals surface area contributed by atoms with E-state index in [2.05, 4.69) is 0 Å². The largest absolute Gasteiger partial charge is 0.398 e. The summed E-state index contributed by atoms with van der Waals surface area (Å²) in [6.45, 7) is 0. The maximum atomic E-state index is 12.1. The third kappa shape index (κ3) is 2.82. The lowest BCUT2D eigenvalue weighted by Gasteiger charge is -2.19. The smallest absolute Gasteiger partial charge is 0.297 e. The van der Waals surface area contributed by atoms with Crippen LogP contribution in [0.1, 0.15) is 0 Å². The van der Waals surface area contributed by atoms with Gasteiger partial charge in [-0.1, -0.05) is 30.3 Å². The number of hydrogen-bond donors (Lipinski definition) is 4. The Bertz CT molecular complexity index is 1670. The van der Waals surface area contributed by atoms with Crippen LogP contribution in [-0.4, -0.2) is 38.9 Å². The predicted octanol–water partition coefficient (Wildman–Crippen LogP) is 1.91. The third-order valence-electron chi connectivity index (χ3n) is 4.59. The number of hydrogen-bond acceptors (Lipinski definition) is 7. The summed E-state index contributed by atoms with van der Waals surface area (Å²) in [4.78, 5) is -4.49. The van der Waals surface area contributed by atoms with Crippen molar-refractivity contribution in [2.45, 2.75) is 14.7 Å². The highest BCUT2D eigenvalue weighted by atomic mass is 32.2. The lowest BCUT2D eigenvalue weighted by molar-refractivity contribution is 0.458. The SMILES string of the molecule is Nc1cc2cccc3ccc4c(S(=O)(=O)O)c(S(=O)(=O)O)c(S(=O)(=O)O)c1c4c32. The van der Waals surface area contributed by atoms with Crippen LogP contribution in [0.5, 0.6) is 0 Å². The van der Waals surface area contributed by atoms with E-state index in [4.69, 9.17) is 5.73 Å². The molecule has 0 aliphatic heterocycles. The van der Waals surface area contributed by atoms with E-state index in [-0.39, 0.29) is 11.1 Å². The second-order valence-electron chi connectivity index (χ2n) is 6.32. The van der Waals surface area contributed by atoms with Crippen molar-refractivity contribution >= 4 is 68.4 Å². The molecule has 0 saturated heterocycles. The zero-order valence-electron chi connectivity index (χ0n) is 14.1. The number of anilines is 1. The first kappa shape index (κ1) is 19.8. The van der Waals surface area contributed by atoms with Crippen LogP contribution in [-0.2, 0) is 30.4 Å². The molecular weight excluding hydrogens is 446 g/mol. The van der Waals surface area contributed by atoms with Gasteiger partial charge in [0, 0.05) is 21.8 Å². The molecule has 0 bridgehead atoms. The van der Waals surface area contributed by atoms with Crippen molar-refractivity contribution in [3.05, 3.63) is 36.4 Å². The predicted molar refractivity (Wildman–Crippen MR) is 104 cm³/mol. The number of nitrogen functional groups attached to an aromatic ring is 1. The minimum absolute atomic E-state index is 0.106. The van der Waals surface area contributed by atoms with Gasteiger partial charge in [0.1, 0.15) is 14.7 Å². The second kappa shape index (κ2) is 5.75. The van der Waals surface area contributed by atoms with Crippen molar-refractivity contribution in [2.75, 3.05) is 5.73 Å². The van der Waals surface area contributed by atoms with Crippen molar-refractivity contribution in [1.29, 1.82) is 0 Å². The highest BCUT2D eigenvalue weighted by Gasteiger charge is 2.38. The fourth-order valence-corrected chi connectivity index (χ4v) is 7.29. The van der Waals surface area contributed by atoms with E-state index in [1.54, 1.807) is 18.2 Å². The monoisotopic (exact) mass is 457 g/mol. The number of nitrogens with two attached hydrogens (primary N) is 1. The molecule has 0 radical (unpaired) electrons. The Balaban J connectivity index is 2.61. The quantitative estimate of drug-likeness (QED) is 0.201. The average molecular weight is 457 g/mol. The van der Waals surface area contributed by atoms with Gasteiger partial charge in [-0.15, -0.1) is 0 Å². The molecule has 29 heavy (non-hydrogen) atoms. The Kier molecular flexibility index (Phi) is 3.91. The van der Waals surface area contributed by atoms with Crippen LogP contribution < -0.4 is 5.73 Å². The molecule has 13 heteroatoms. The molecule has 152 valence electrons. The van der Waals surface area contributed by atoms with E-state index < -0.39 is 55.8 Å². The van der Waals surface area contributed by atoms with Crippen LogP contribution in [0, 0.1) is 0 Å². The molecule has 4 rings (SSSR count). The van der Waals surface area contributed by atoms with Gasteiger partial charge in [0.25, 0.3) is 30.4 Å². The fraction of sp³-hybridized carbons (Fsp3) is 0. The van der Waals surface area contributed by atoms with Gasteiger partial charge in [-0.05, 0) is 22.2 Å². The molecule has 0 aliphatic carbocycles. The normalized spacial score (nSPS) is 13.6. The molecule has 0 unspecified atom stereocenters. The molecule has 0 aliphatic rings. The minimum atomic E-state index is -5.57. The maximum Gasteiger partial charge on any atom is 0.297 e. The summed E-state index contributed by atoms with van der Waals surface area (Å²) in [6, 6.07) is 8.80. The summed E-state index contributed by atoms with van der Waals surface area (Å²) in [7, 11) is -16.4. The minimum Gasteiger partial charge on any atom is -0.398 e. The topological polar surface area (TPSA) is 189 Å². The van der Waals surface area contributed by atoms with Gasteiger partial charge < -0.3 is 5.73 Å². The van der Waals surface area contributed by atoms with Crippen LogP contribution in [0.2, 0.25) is 0 Å². The molecule has 4 aromatic carbocycles. The summed E-state index contributed by atoms with van der Waals surface area (Å²) < 4.78 is 102. The first-order chi connectivity index (χ1) is 13.2. The van der Waals surface area contributed by atoms with Crippen molar-refractivity contribution in [1.82, 2.24) is 0 Å². The Morgan fingerprint density at radius 2 is 1.17 bits per heavy atom. The second-order valence-corrected chi connectivity index (χ2v) is 10.4.